The van der Waals surface area contributed by atoms with Crippen LogP contribution in [-0.2, 0) is 20.9 Å². The molecule has 2 N–H and O–H groups in total. The number of carboxylic acid groups (broad SMARTS) is 1. The molecule has 3 rings (SSSR count). The predicted octanol–water partition coefficient (Wildman–Crippen LogP) is 0.100. The third kappa shape index (κ3) is 3.13. The van der Waals surface area contributed by atoms with Crippen molar-refractivity contribution in [2.75, 3.05) is 20.2 Å². The predicted molar refractivity (Wildman–Crippen MR) is 79.5 cm³/mol. The van der Waals surface area contributed by atoms with Gasteiger partial charge in [-0.25, -0.2) is 4.79 Å². The molecule has 1 aromatic rings. The van der Waals surface area contributed by atoms with Crippen LogP contribution in [0.5, 0.6) is 5.75 Å². The molecule has 2 aliphatic rings. The molecule has 122 valence electrons. The number of carbonyl (C=O) groups excluding carboxylic acids is 2. The molecular formula is C16H18N2O5. The van der Waals surface area contributed by atoms with Gasteiger partial charge < -0.3 is 20.1 Å². The summed E-state index contributed by atoms with van der Waals surface area (Å²) in [5.41, 5.74) is 0.846. The Kier molecular flexibility index (Phi) is 3.94. The average molecular weight is 318 g/mol. The van der Waals surface area contributed by atoms with Crippen molar-refractivity contribution >= 4 is 17.8 Å². The highest BCUT2D eigenvalue weighted by Crippen LogP contribution is 2.50. The number of ether oxygens (including phenoxy) is 1. The second-order valence-corrected chi connectivity index (χ2v) is 5.98. The molecule has 3 atom stereocenters. The fourth-order valence-corrected chi connectivity index (χ4v) is 3.14. The Labute approximate surface area is 133 Å². The maximum Gasteiger partial charge on any atom is 0.341 e. The van der Waals surface area contributed by atoms with E-state index in [9.17, 15) is 14.4 Å². The molecule has 23 heavy (non-hydrogen) atoms. The largest absolute Gasteiger partial charge is 0.482 e. The lowest BCUT2D eigenvalue weighted by molar-refractivity contribution is -0.139. The van der Waals surface area contributed by atoms with E-state index in [1.807, 2.05) is 6.07 Å². The Hall–Kier alpha value is -2.57. The van der Waals surface area contributed by atoms with Gasteiger partial charge in [0.25, 0.3) is 0 Å². The van der Waals surface area contributed by atoms with Crippen LogP contribution in [0, 0.1) is 17.8 Å². The van der Waals surface area contributed by atoms with E-state index in [1.54, 1.807) is 30.1 Å². The van der Waals surface area contributed by atoms with Gasteiger partial charge in [-0.2, -0.15) is 0 Å². The second kappa shape index (κ2) is 5.91. The van der Waals surface area contributed by atoms with E-state index in [0.717, 1.165) is 5.56 Å². The summed E-state index contributed by atoms with van der Waals surface area (Å²) in [7, 11) is 1.71. The van der Waals surface area contributed by atoms with Crippen LogP contribution in [0.1, 0.15) is 5.56 Å². The summed E-state index contributed by atoms with van der Waals surface area (Å²) < 4.78 is 5.13. The van der Waals surface area contributed by atoms with Crippen LogP contribution in [0.3, 0.4) is 0 Å². The molecule has 7 heteroatoms. The minimum Gasteiger partial charge on any atom is -0.482 e. The molecule has 2 amide bonds. The zero-order chi connectivity index (χ0) is 16.6. The van der Waals surface area contributed by atoms with Crippen LogP contribution in [0.2, 0.25) is 0 Å². The molecule has 0 unspecified atom stereocenters. The van der Waals surface area contributed by atoms with Crippen molar-refractivity contribution < 1.29 is 24.2 Å². The lowest BCUT2D eigenvalue weighted by atomic mass is 10.2. The number of benzene rings is 1. The number of amides is 2. The first-order valence-corrected chi connectivity index (χ1v) is 7.43. The Morgan fingerprint density at radius 1 is 1.43 bits per heavy atom. The van der Waals surface area contributed by atoms with E-state index in [-0.39, 0.29) is 29.6 Å². The van der Waals surface area contributed by atoms with Gasteiger partial charge >= 0.3 is 5.97 Å². The number of carbonyl (C=O) groups is 3. The molecule has 1 aliphatic carbocycles. The number of carboxylic acids is 1. The van der Waals surface area contributed by atoms with Crippen LogP contribution in [0.4, 0.5) is 0 Å². The topological polar surface area (TPSA) is 95.9 Å². The highest BCUT2D eigenvalue weighted by Gasteiger charge is 2.62. The van der Waals surface area contributed by atoms with E-state index in [4.69, 9.17) is 9.84 Å². The highest BCUT2D eigenvalue weighted by molar-refractivity contribution is 5.95. The van der Waals surface area contributed by atoms with Crippen LogP contribution < -0.4 is 10.1 Å². The van der Waals surface area contributed by atoms with E-state index in [2.05, 4.69) is 5.32 Å². The van der Waals surface area contributed by atoms with Crippen LogP contribution in [0.15, 0.2) is 24.3 Å². The van der Waals surface area contributed by atoms with Crippen molar-refractivity contribution in [3.8, 4) is 5.75 Å². The van der Waals surface area contributed by atoms with E-state index in [0.29, 0.717) is 18.8 Å². The van der Waals surface area contributed by atoms with Gasteiger partial charge in [-0.3, -0.25) is 9.59 Å². The summed E-state index contributed by atoms with van der Waals surface area (Å²) in [5.74, 6) is -0.842. The maximum absolute atomic E-state index is 12.4. The number of nitrogens with zero attached hydrogens (tertiary/aromatic N) is 1. The van der Waals surface area contributed by atoms with Crippen LogP contribution in [0.25, 0.3) is 0 Å². The third-order valence-corrected chi connectivity index (χ3v) is 4.33. The number of hydrogen-bond acceptors (Lipinski definition) is 4. The van der Waals surface area contributed by atoms with E-state index in [1.165, 1.54) is 0 Å². The first-order chi connectivity index (χ1) is 11.0. The minimum absolute atomic E-state index is 0.0216. The molecule has 1 aliphatic heterocycles. The van der Waals surface area contributed by atoms with Crippen molar-refractivity contribution in [3.63, 3.8) is 0 Å². The molecular weight excluding hydrogens is 300 g/mol. The van der Waals surface area contributed by atoms with Crippen molar-refractivity contribution in [3.05, 3.63) is 29.8 Å². The van der Waals surface area contributed by atoms with Gasteiger partial charge in [-0.15, -0.1) is 0 Å². The first kappa shape index (κ1) is 15.3. The molecule has 1 saturated heterocycles. The Morgan fingerprint density at radius 2 is 2.22 bits per heavy atom. The summed E-state index contributed by atoms with van der Waals surface area (Å²) in [4.78, 5) is 36.1. The summed E-state index contributed by atoms with van der Waals surface area (Å²) in [6, 6.07) is 6.99. The van der Waals surface area contributed by atoms with Crippen molar-refractivity contribution in [1.29, 1.82) is 0 Å². The van der Waals surface area contributed by atoms with Gasteiger partial charge in [0, 0.05) is 26.1 Å². The summed E-state index contributed by atoms with van der Waals surface area (Å²) in [6.45, 7) is 0.575. The summed E-state index contributed by atoms with van der Waals surface area (Å²) in [5, 5.41) is 11.4. The zero-order valence-corrected chi connectivity index (χ0v) is 12.7. The standard InChI is InChI=1S/C16H18N2O5/c1-18(16(22)14-11-6-17-15(21)13(11)14)7-9-3-2-4-10(5-9)23-8-12(19)20/h2-5,11,13-14H,6-8H2,1H3,(H,17,21)(H,19,20)/t11-,13+,14+/m0/s1. The van der Waals surface area contributed by atoms with Crippen molar-refractivity contribution in [2.24, 2.45) is 17.8 Å². The molecule has 1 saturated carbocycles. The second-order valence-electron chi connectivity index (χ2n) is 5.98. The number of aliphatic carboxylic acids is 1. The first-order valence-electron chi connectivity index (χ1n) is 7.43. The maximum atomic E-state index is 12.4. The van der Waals surface area contributed by atoms with Gasteiger partial charge in [0.2, 0.25) is 11.8 Å². The molecule has 7 nitrogen and oxygen atoms in total. The lowest BCUT2D eigenvalue weighted by Gasteiger charge is -2.18. The highest BCUT2D eigenvalue weighted by atomic mass is 16.5. The van der Waals surface area contributed by atoms with Gasteiger partial charge in [-0.1, -0.05) is 12.1 Å². The normalized spacial score (nSPS) is 24.6. The molecule has 0 radical (unpaired) electrons. The number of nitrogens with one attached hydrogen (secondary N) is 1. The number of piperidine rings is 1. The van der Waals surface area contributed by atoms with E-state index < -0.39 is 12.6 Å². The van der Waals surface area contributed by atoms with Gasteiger partial charge in [-0.05, 0) is 17.7 Å². The lowest BCUT2D eigenvalue weighted by Crippen LogP contribution is -2.33. The zero-order valence-electron chi connectivity index (χ0n) is 12.7. The number of rotatable bonds is 6. The third-order valence-electron chi connectivity index (χ3n) is 4.33. The number of fused-ring (bicyclic) bond motifs is 1. The molecule has 2 fully saturated rings. The smallest absolute Gasteiger partial charge is 0.341 e. The Bertz CT molecular complexity index is 660. The number of hydrogen-bond donors (Lipinski definition) is 2. The molecule has 0 aromatic heterocycles. The van der Waals surface area contributed by atoms with Crippen LogP contribution >= 0.6 is 0 Å². The van der Waals surface area contributed by atoms with E-state index >= 15 is 0 Å². The van der Waals surface area contributed by atoms with Gasteiger partial charge in [0.05, 0.1) is 11.8 Å². The summed E-state index contributed by atoms with van der Waals surface area (Å²) >= 11 is 0. The SMILES string of the molecule is CN(Cc1cccc(OCC(=O)O)c1)C(=O)[C@@H]1[C@H]2CNC(=O)[C@H]21. The Morgan fingerprint density at radius 3 is 2.87 bits per heavy atom. The minimum atomic E-state index is -1.04. The monoisotopic (exact) mass is 318 g/mol. The average Bonchev–Trinajstić information content (AvgIpc) is 3.13. The molecule has 0 spiro atoms. The van der Waals surface area contributed by atoms with Crippen molar-refractivity contribution in [2.45, 2.75) is 6.54 Å². The fourth-order valence-electron chi connectivity index (χ4n) is 3.14. The van der Waals surface area contributed by atoms with Crippen LogP contribution in [-0.4, -0.2) is 48.0 Å². The quantitative estimate of drug-likeness (QED) is 0.775. The molecule has 1 heterocycles. The van der Waals surface area contributed by atoms with Gasteiger partial charge in [0.1, 0.15) is 5.75 Å². The van der Waals surface area contributed by atoms with Crippen molar-refractivity contribution in [1.82, 2.24) is 10.2 Å². The summed E-state index contributed by atoms with van der Waals surface area (Å²) in [6.07, 6.45) is 0. The van der Waals surface area contributed by atoms with Gasteiger partial charge in [0.15, 0.2) is 6.61 Å². The Balaban J connectivity index is 1.58. The fraction of sp³-hybridized carbons (Fsp3) is 0.438. The molecule has 1 aromatic carbocycles. The molecule has 0 bridgehead atoms.